The largest absolute Gasteiger partial charge is 0.476 e. The van der Waals surface area contributed by atoms with Crippen molar-refractivity contribution in [2.45, 2.75) is 44.7 Å². The Morgan fingerprint density at radius 1 is 1.31 bits per heavy atom. The van der Waals surface area contributed by atoms with Crippen LogP contribution in [-0.4, -0.2) is 38.8 Å². The molecule has 32 heavy (non-hydrogen) atoms. The molecule has 1 fully saturated rings. The van der Waals surface area contributed by atoms with E-state index in [9.17, 15) is 14.7 Å². The molecule has 0 amide bonds. The van der Waals surface area contributed by atoms with Gasteiger partial charge in [-0.25, -0.2) is 14.8 Å². The van der Waals surface area contributed by atoms with E-state index < -0.39 is 5.97 Å². The molecule has 5 rings (SSSR count). The van der Waals surface area contributed by atoms with Gasteiger partial charge in [-0.1, -0.05) is 17.7 Å². The van der Waals surface area contributed by atoms with Crippen LogP contribution in [0.1, 0.15) is 53.2 Å². The fraction of sp³-hybridized carbons (Fsp3) is 0.391. The van der Waals surface area contributed by atoms with Gasteiger partial charge < -0.3 is 15.2 Å². The Morgan fingerprint density at radius 3 is 2.84 bits per heavy atom. The van der Waals surface area contributed by atoms with Crippen molar-refractivity contribution in [1.29, 1.82) is 0 Å². The topological polar surface area (TPSA) is 106 Å². The van der Waals surface area contributed by atoms with Crippen LogP contribution in [-0.2, 0) is 16.7 Å². The normalized spacial score (nSPS) is 20.6. The zero-order valence-electron chi connectivity index (χ0n) is 17.8. The van der Waals surface area contributed by atoms with Crippen LogP contribution in [0.2, 0.25) is 5.15 Å². The van der Waals surface area contributed by atoms with Gasteiger partial charge in [-0.15, -0.1) is 0 Å². The van der Waals surface area contributed by atoms with Crippen LogP contribution in [0.3, 0.4) is 0 Å². The highest BCUT2D eigenvalue weighted by molar-refractivity contribution is 6.29. The number of hydrogen-bond donors (Lipinski definition) is 2. The smallest absolute Gasteiger partial charge is 0.356 e. The first kappa shape index (κ1) is 20.9. The van der Waals surface area contributed by atoms with Crippen LogP contribution >= 0.6 is 11.6 Å². The van der Waals surface area contributed by atoms with Crippen molar-refractivity contribution < 1.29 is 14.6 Å². The van der Waals surface area contributed by atoms with E-state index in [0.29, 0.717) is 36.3 Å². The maximum Gasteiger partial charge on any atom is 0.356 e. The fourth-order valence-corrected chi connectivity index (χ4v) is 5.04. The molecule has 0 bridgehead atoms. The van der Waals surface area contributed by atoms with Crippen molar-refractivity contribution in [2.24, 2.45) is 0 Å². The van der Waals surface area contributed by atoms with Gasteiger partial charge in [0, 0.05) is 18.7 Å². The number of anilines is 1. The number of pyridine rings is 1. The van der Waals surface area contributed by atoms with E-state index in [4.69, 9.17) is 21.3 Å². The van der Waals surface area contributed by atoms with Gasteiger partial charge in [0.1, 0.15) is 11.0 Å². The number of benzene rings is 1. The summed E-state index contributed by atoms with van der Waals surface area (Å²) >= 11 is 5.88. The standard InChI is InChI=1S/C23H23ClN4O4/c1-12-9-14(13(2)25-16-3-4-17(24)26-19(16)21(30)31)18-15(10-12)20(29)28-7-5-23(22(28)27-18)6-8-32-11-23/h3-4,9-10,13,25H,5-8,11H2,1-2H3,(H,30,31)/t13-,23-/m1/s1. The second-order valence-corrected chi connectivity index (χ2v) is 9.06. The molecule has 8 nitrogen and oxygen atoms in total. The SMILES string of the molecule is Cc1cc([C@@H](C)Nc2ccc(Cl)nc2C(=O)O)c2nc3n(c(=O)c2c1)CC[C@]31CCOC1. The zero-order chi connectivity index (χ0) is 22.6. The number of fused-ring (bicyclic) bond motifs is 3. The molecular formula is C23H23ClN4O4. The lowest BCUT2D eigenvalue weighted by Crippen LogP contribution is -2.29. The molecule has 3 aromatic rings. The second kappa shape index (κ2) is 7.56. The number of carbonyl (C=O) groups is 1. The van der Waals surface area contributed by atoms with E-state index in [1.807, 2.05) is 26.0 Å². The second-order valence-electron chi connectivity index (χ2n) is 8.68. The number of nitrogens with zero attached hydrogens (tertiary/aromatic N) is 3. The first-order chi connectivity index (χ1) is 15.3. The maximum absolute atomic E-state index is 13.4. The lowest BCUT2D eigenvalue weighted by atomic mass is 9.85. The number of rotatable bonds is 4. The molecule has 0 aliphatic carbocycles. The van der Waals surface area contributed by atoms with Crippen LogP contribution < -0.4 is 10.9 Å². The Kier molecular flexibility index (Phi) is 4.94. The maximum atomic E-state index is 13.4. The fourth-order valence-electron chi connectivity index (χ4n) is 4.89. The Bertz CT molecular complexity index is 1310. The molecule has 2 atom stereocenters. The summed E-state index contributed by atoms with van der Waals surface area (Å²) in [6.45, 7) is 5.75. The Hall–Kier alpha value is -2.97. The summed E-state index contributed by atoms with van der Waals surface area (Å²) in [5, 5.41) is 13.4. The third-order valence-corrected chi connectivity index (χ3v) is 6.74. The number of ether oxygens (including phenoxy) is 1. The Morgan fingerprint density at radius 2 is 2.12 bits per heavy atom. The molecule has 1 saturated heterocycles. The van der Waals surface area contributed by atoms with Crippen LogP contribution in [0.15, 0.2) is 29.1 Å². The number of nitrogens with one attached hydrogen (secondary N) is 1. The minimum absolute atomic E-state index is 0.0368. The molecule has 166 valence electrons. The van der Waals surface area contributed by atoms with E-state index in [1.165, 1.54) is 0 Å². The molecule has 0 saturated carbocycles. The van der Waals surface area contributed by atoms with Crippen LogP contribution in [0.25, 0.3) is 10.9 Å². The van der Waals surface area contributed by atoms with Crippen LogP contribution in [0, 0.1) is 6.92 Å². The predicted molar refractivity (Wildman–Crippen MR) is 121 cm³/mol. The third-order valence-electron chi connectivity index (χ3n) is 6.53. The molecule has 1 spiro atoms. The predicted octanol–water partition coefficient (Wildman–Crippen LogP) is 3.69. The van der Waals surface area contributed by atoms with Crippen molar-refractivity contribution in [3.8, 4) is 0 Å². The summed E-state index contributed by atoms with van der Waals surface area (Å²) < 4.78 is 7.47. The number of carboxylic acid groups (broad SMARTS) is 1. The highest BCUT2D eigenvalue weighted by atomic mass is 35.5. The lowest BCUT2D eigenvalue weighted by Gasteiger charge is -2.22. The Labute approximate surface area is 189 Å². The number of aromatic nitrogens is 3. The van der Waals surface area contributed by atoms with Crippen LogP contribution in [0.5, 0.6) is 0 Å². The van der Waals surface area contributed by atoms with Crippen molar-refractivity contribution in [3.63, 3.8) is 0 Å². The van der Waals surface area contributed by atoms with E-state index >= 15 is 0 Å². The van der Waals surface area contributed by atoms with Crippen molar-refractivity contribution >= 4 is 34.2 Å². The highest BCUT2D eigenvalue weighted by Gasteiger charge is 2.44. The lowest BCUT2D eigenvalue weighted by molar-refractivity contribution is 0.0691. The summed E-state index contributed by atoms with van der Waals surface area (Å²) in [5.74, 6) is -0.377. The number of carboxylic acids is 1. The molecule has 2 aliphatic rings. The van der Waals surface area contributed by atoms with Gasteiger partial charge in [0.15, 0.2) is 5.69 Å². The van der Waals surface area contributed by atoms with Gasteiger partial charge in [-0.2, -0.15) is 0 Å². The quantitative estimate of drug-likeness (QED) is 0.579. The highest BCUT2D eigenvalue weighted by Crippen LogP contribution is 2.40. The molecule has 0 radical (unpaired) electrons. The molecule has 0 unspecified atom stereocenters. The average Bonchev–Trinajstić information content (AvgIpc) is 3.37. The zero-order valence-corrected chi connectivity index (χ0v) is 18.6. The third kappa shape index (κ3) is 3.25. The van der Waals surface area contributed by atoms with Gasteiger partial charge >= 0.3 is 5.97 Å². The molecule has 2 aromatic heterocycles. The van der Waals surface area contributed by atoms with E-state index in [0.717, 1.165) is 29.8 Å². The molecule has 9 heteroatoms. The average molecular weight is 455 g/mol. The van der Waals surface area contributed by atoms with Crippen molar-refractivity contribution in [3.05, 3.63) is 62.4 Å². The first-order valence-electron chi connectivity index (χ1n) is 10.6. The summed E-state index contributed by atoms with van der Waals surface area (Å²) in [6.07, 6.45) is 1.71. The summed E-state index contributed by atoms with van der Waals surface area (Å²) in [4.78, 5) is 34.0. The number of aromatic carboxylic acids is 1. The van der Waals surface area contributed by atoms with Crippen molar-refractivity contribution in [2.75, 3.05) is 18.5 Å². The van der Waals surface area contributed by atoms with Gasteiger partial charge in [0.25, 0.3) is 5.56 Å². The van der Waals surface area contributed by atoms with Gasteiger partial charge in [0.2, 0.25) is 0 Å². The Balaban J connectivity index is 1.64. The molecular weight excluding hydrogens is 432 g/mol. The van der Waals surface area contributed by atoms with Gasteiger partial charge in [0.05, 0.1) is 34.7 Å². The minimum atomic E-state index is -1.17. The number of halogens is 1. The van der Waals surface area contributed by atoms with Gasteiger partial charge in [-0.05, 0) is 50.5 Å². The molecule has 2 aliphatic heterocycles. The van der Waals surface area contributed by atoms with E-state index in [-0.39, 0.29) is 27.9 Å². The molecule has 4 heterocycles. The van der Waals surface area contributed by atoms with Crippen LogP contribution in [0.4, 0.5) is 5.69 Å². The van der Waals surface area contributed by atoms with E-state index in [1.54, 1.807) is 16.7 Å². The number of aryl methyl sites for hydroxylation is 1. The summed E-state index contributed by atoms with van der Waals surface area (Å²) in [7, 11) is 0. The number of hydrogen-bond acceptors (Lipinski definition) is 6. The minimum Gasteiger partial charge on any atom is -0.476 e. The van der Waals surface area contributed by atoms with Crippen molar-refractivity contribution in [1.82, 2.24) is 14.5 Å². The monoisotopic (exact) mass is 454 g/mol. The molecule has 2 N–H and O–H groups in total. The van der Waals surface area contributed by atoms with E-state index in [2.05, 4.69) is 10.3 Å². The first-order valence-corrected chi connectivity index (χ1v) is 11.0. The molecule has 1 aromatic carbocycles. The summed E-state index contributed by atoms with van der Waals surface area (Å²) in [6, 6.07) is 6.67. The van der Waals surface area contributed by atoms with Gasteiger partial charge in [-0.3, -0.25) is 9.36 Å². The summed E-state index contributed by atoms with van der Waals surface area (Å²) in [5.41, 5.74) is 2.35.